The second-order valence-electron chi connectivity index (χ2n) is 6.70. The molecule has 0 spiro atoms. The lowest BCUT2D eigenvalue weighted by Crippen LogP contribution is -2.32. The highest BCUT2D eigenvalue weighted by Crippen LogP contribution is 2.21. The van der Waals surface area contributed by atoms with E-state index >= 15 is 0 Å². The van der Waals surface area contributed by atoms with Crippen LogP contribution in [0.3, 0.4) is 0 Å². The molecule has 1 N–H and O–H groups in total. The van der Waals surface area contributed by atoms with Gasteiger partial charge in [-0.25, -0.2) is 13.1 Å². The second kappa shape index (κ2) is 7.72. The maximum Gasteiger partial charge on any atom is 0.211 e. The Morgan fingerprint density at radius 1 is 1.40 bits per heavy atom. The fourth-order valence-corrected chi connectivity index (χ4v) is 3.94. The molecule has 7 nitrogen and oxygen atoms in total. The van der Waals surface area contributed by atoms with Crippen molar-refractivity contribution in [1.82, 2.24) is 19.3 Å². The van der Waals surface area contributed by atoms with E-state index in [1.165, 1.54) is 5.69 Å². The van der Waals surface area contributed by atoms with Crippen molar-refractivity contribution in [1.29, 1.82) is 0 Å². The minimum absolute atomic E-state index is 0.122. The van der Waals surface area contributed by atoms with Crippen molar-refractivity contribution in [3.05, 3.63) is 41.5 Å². The molecule has 8 heteroatoms. The number of aromatic nitrogens is 2. The van der Waals surface area contributed by atoms with Crippen LogP contribution >= 0.6 is 0 Å². The Balaban J connectivity index is 1.66. The quantitative estimate of drug-likeness (QED) is 0.807. The topological polar surface area (TPSA) is 80.4 Å². The summed E-state index contributed by atoms with van der Waals surface area (Å²) in [6.45, 7) is 7.44. The molecule has 3 heterocycles. The molecule has 0 radical (unpaired) electrons. The summed E-state index contributed by atoms with van der Waals surface area (Å²) in [5.41, 5.74) is 2.21. The van der Waals surface area contributed by atoms with Gasteiger partial charge in [0, 0.05) is 50.7 Å². The molecule has 0 saturated heterocycles. The molecule has 0 bridgehead atoms. The largest absolute Gasteiger partial charge is 0.361 e. The molecule has 0 amide bonds. The number of nitrogens with one attached hydrogen (secondary N) is 1. The van der Waals surface area contributed by atoms with Gasteiger partial charge >= 0.3 is 0 Å². The van der Waals surface area contributed by atoms with Crippen LogP contribution in [0.4, 0.5) is 0 Å². The lowest BCUT2D eigenvalue weighted by molar-refractivity contribution is 0.210. The Kier molecular flexibility index (Phi) is 5.61. The van der Waals surface area contributed by atoms with Crippen molar-refractivity contribution in [2.24, 2.45) is 5.92 Å². The van der Waals surface area contributed by atoms with Crippen molar-refractivity contribution in [2.75, 3.05) is 18.8 Å². The van der Waals surface area contributed by atoms with E-state index in [0.29, 0.717) is 12.5 Å². The predicted molar refractivity (Wildman–Crippen MR) is 95.4 cm³/mol. The van der Waals surface area contributed by atoms with Crippen LogP contribution < -0.4 is 4.72 Å². The lowest BCUT2D eigenvalue weighted by atomic mass is 10.1. The number of rotatable bonds is 7. The van der Waals surface area contributed by atoms with Crippen LogP contribution in [0.5, 0.6) is 0 Å². The fourth-order valence-electron chi connectivity index (χ4n) is 3.31. The standard InChI is InChI=1S/C17H26N4O3S/c1-3-25(22,23)18-7-6-15-10-20(12-16-9-14(2)24-19-16)13-17-5-4-8-21(17)11-15/h4-5,8-9,15,18H,3,6-7,10-13H2,1-2H3/t15-/m0/s1. The molecule has 0 aromatic carbocycles. The average Bonchev–Trinajstić information content (AvgIpc) is 3.12. The van der Waals surface area contributed by atoms with Crippen LogP contribution in [-0.2, 0) is 29.7 Å². The van der Waals surface area contributed by atoms with E-state index in [4.69, 9.17) is 4.52 Å². The van der Waals surface area contributed by atoms with Gasteiger partial charge in [0.25, 0.3) is 0 Å². The van der Waals surface area contributed by atoms with Gasteiger partial charge in [0.1, 0.15) is 5.76 Å². The first kappa shape index (κ1) is 18.2. The molecule has 3 rings (SSSR count). The summed E-state index contributed by atoms with van der Waals surface area (Å²) < 4.78 is 33.4. The molecule has 0 fully saturated rings. The van der Waals surface area contributed by atoms with Gasteiger partial charge in [-0.05, 0) is 38.3 Å². The van der Waals surface area contributed by atoms with E-state index in [2.05, 4.69) is 37.7 Å². The zero-order chi connectivity index (χ0) is 17.9. The summed E-state index contributed by atoms with van der Waals surface area (Å²) in [6, 6.07) is 6.17. The smallest absolute Gasteiger partial charge is 0.211 e. The van der Waals surface area contributed by atoms with E-state index in [1.54, 1.807) is 6.92 Å². The van der Waals surface area contributed by atoms with Gasteiger partial charge in [-0.2, -0.15) is 0 Å². The Labute approximate surface area is 149 Å². The van der Waals surface area contributed by atoms with Crippen LogP contribution in [0.25, 0.3) is 0 Å². The van der Waals surface area contributed by atoms with E-state index in [-0.39, 0.29) is 5.75 Å². The van der Waals surface area contributed by atoms with E-state index in [9.17, 15) is 8.42 Å². The van der Waals surface area contributed by atoms with Crippen LogP contribution in [-0.4, -0.2) is 41.9 Å². The normalized spacial score (nSPS) is 18.9. The number of hydrogen-bond acceptors (Lipinski definition) is 5. The minimum atomic E-state index is -3.13. The Morgan fingerprint density at radius 3 is 2.96 bits per heavy atom. The molecule has 1 atom stereocenters. The SMILES string of the molecule is CCS(=O)(=O)NCC[C@H]1CN(Cc2cc(C)on2)Cc2cccn2C1. The average molecular weight is 366 g/mol. The summed E-state index contributed by atoms with van der Waals surface area (Å²) in [5.74, 6) is 1.32. The summed E-state index contributed by atoms with van der Waals surface area (Å²) in [7, 11) is -3.13. The third-order valence-corrected chi connectivity index (χ3v) is 6.00. The van der Waals surface area contributed by atoms with Gasteiger partial charge in [-0.15, -0.1) is 0 Å². The molecule has 1 aliphatic rings. The molecule has 0 saturated carbocycles. The zero-order valence-corrected chi connectivity index (χ0v) is 15.6. The molecule has 2 aromatic rings. The molecule has 2 aromatic heterocycles. The Morgan fingerprint density at radius 2 is 2.24 bits per heavy atom. The molecular weight excluding hydrogens is 340 g/mol. The molecular formula is C17H26N4O3S. The predicted octanol–water partition coefficient (Wildman–Crippen LogP) is 1.75. The molecule has 25 heavy (non-hydrogen) atoms. The first-order valence-corrected chi connectivity index (χ1v) is 10.4. The Hall–Kier alpha value is -1.64. The first-order valence-electron chi connectivity index (χ1n) is 8.71. The molecule has 138 valence electrons. The molecule has 0 aliphatic carbocycles. The number of aryl methyl sites for hydroxylation is 1. The van der Waals surface area contributed by atoms with Gasteiger partial charge in [0.15, 0.2) is 0 Å². The third kappa shape index (κ3) is 4.93. The van der Waals surface area contributed by atoms with Crippen LogP contribution in [0, 0.1) is 12.8 Å². The third-order valence-electron chi connectivity index (χ3n) is 4.60. The highest BCUT2D eigenvalue weighted by Gasteiger charge is 2.22. The van der Waals surface area contributed by atoms with E-state index < -0.39 is 10.0 Å². The van der Waals surface area contributed by atoms with Crippen LogP contribution in [0.2, 0.25) is 0 Å². The minimum Gasteiger partial charge on any atom is -0.361 e. The monoisotopic (exact) mass is 366 g/mol. The van der Waals surface area contributed by atoms with E-state index in [0.717, 1.165) is 44.1 Å². The highest BCUT2D eigenvalue weighted by molar-refractivity contribution is 7.89. The summed E-state index contributed by atoms with van der Waals surface area (Å²) >= 11 is 0. The number of nitrogens with zero attached hydrogens (tertiary/aromatic N) is 3. The van der Waals surface area contributed by atoms with Crippen molar-refractivity contribution in [3.63, 3.8) is 0 Å². The summed E-state index contributed by atoms with van der Waals surface area (Å²) in [4.78, 5) is 2.36. The Bertz CT molecular complexity index is 796. The number of sulfonamides is 1. The fraction of sp³-hybridized carbons (Fsp3) is 0.588. The maximum atomic E-state index is 11.6. The first-order chi connectivity index (χ1) is 11.9. The van der Waals surface area contributed by atoms with Crippen molar-refractivity contribution in [2.45, 2.75) is 39.9 Å². The van der Waals surface area contributed by atoms with Crippen molar-refractivity contribution in [3.8, 4) is 0 Å². The van der Waals surface area contributed by atoms with E-state index in [1.807, 2.05) is 13.0 Å². The lowest BCUT2D eigenvalue weighted by Gasteiger charge is -2.23. The van der Waals surface area contributed by atoms with Gasteiger partial charge in [0.2, 0.25) is 10.0 Å². The van der Waals surface area contributed by atoms with Gasteiger partial charge in [-0.1, -0.05) is 5.16 Å². The van der Waals surface area contributed by atoms with Crippen LogP contribution in [0.15, 0.2) is 28.9 Å². The maximum absolute atomic E-state index is 11.6. The summed E-state index contributed by atoms with van der Waals surface area (Å²) in [6.07, 6.45) is 2.91. The zero-order valence-electron chi connectivity index (χ0n) is 14.8. The van der Waals surface area contributed by atoms with Gasteiger partial charge < -0.3 is 9.09 Å². The summed E-state index contributed by atoms with van der Waals surface area (Å²) in [5, 5.41) is 4.10. The highest BCUT2D eigenvalue weighted by atomic mass is 32.2. The van der Waals surface area contributed by atoms with Crippen molar-refractivity contribution < 1.29 is 12.9 Å². The van der Waals surface area contributed by atoms with Gasteiger partial charge in [0.05, 0.1) is 11.4 Å². The molecule has 0 unspecified atom stereocenters. The van der Waals surface area contributed by atoms with Crippen LogP contribution in [0.1, 0.15) is 30.5 Å². The number of fused-ring (bicyclic) bond motifs is 1. The van der Waals surface area contributed by atoms with Gasteiger partial charge in [-0.3, -0.25) is 4.90 Å². The second-order valence-corrected chi connectivity index (χ2v) is 8.80. The molecule has 1 aliphatic heterocycles. The number of hydrogen-bond donors (Lipinski definition) is 1. The van der Waals surface area contributed by atoms with Crippen molar-refractivity contribution >= 4 is 10.0 Å².